The predicted molar refractivity (Wildman–Crippen MR) is 100 cm³/mol. The van der Waals surface area contributed by atoms with Crippen LogP contribution < -0.4 is 0 Å². The molecule has 1 saturated carbocycles. The molecule has 3 nitrogen and oxygen atoms in total. The molecule has 2 N–H and O–H groups in total. The van der Waals surface area contributed by atoms with Crippen molar-refractivity contribution in [2.75, 3.05) is 0 Å². The molecule has 1 aliphatic rings. The molecule has 1 atom stereocenters. The highest BCUT2D eigenvalue weighted by atomic mass is 16.4. The number of aromatic hydroxyl groups is 1. The standard InChI is InChI=1S/C22H26O3/c1-4-22(3,21(24)25)16-11-12-19(23)18(13-16)17-10-5-7-14(2)20(17)15-8-6-9-15/h5,7,10-13,15,23H,4,6,8-9H2,1-3H3,(H,24,25)/t22-/m0/s1. The molecule has 0 unspecified atom stereocenters. The molecular formula is C22H26O3. The molecule has 3 rings (SSSR count). The van der Waals surface area contributed by atoms with Crippen molar-refractivity contribution in [2.45, 2.75) is 57.8 Å². The summed E-state index contributed by atoms with van der Waals surface area (Å²) in [4.78, 5) is 11.8. The van der Waals surface area contributed by atoms with Gasteiger partial charge >= 0.3 is 5.97 Å². The molecule has 2 aromatic rings. The molecule has 0 aliphatic heterocycles. The van der Waals surface area contributed by atoms with Gasteiger partial charge in [-0.2, -0.15) is 0 Å². The van der Waals surface area contributed by atoms with Gasteiger partial charge in [0.25, 0.3) is 0 Å². The number of aliphatic carboxylic acids is 1. The van der Waals surface area contributed by atoms with Gasteiger partial charge in [0, 0.05) is 5.56 Å². The van der Waals surface area contributed by atoms with E-state index in [2.05, 4.69) is 13.0 Å². The molecule has 2 aromatic carbocycles. The summed E-state index contributed by atoms with van der Waals surface area (Å²) in [6.45, 7) is 5.74. The van der Waals surface area contributed by atoms with Gasteiger partial charge in [0.05, 0.1) is 5.41 Å². The zero-order chi connectivity index (χ0) is 18.2. The maximum atomic E-state index is 11.8. The van der Waals surface area contributed by atoms with Crippen molar-refractivity contribution in [3.8, 4) is 16.9 Å². The van der Waals surface area contributed by atoms with Crippen molar-refractivity contribution in [2.24, 2.45) is 0 Å². The van der Waals surface area contributed by atoms with Crippen LogP contribution >= 0.6 is 0 Å². The summed E-state index contributed by atoms with van der Waals surface area (Å²) in [5.74, 6) is -0.0925. The van der Waals surface area contributed by atoms with E-state index in [0.717, 1.165) is 16.7 Å². The lowest BCUT2D eigenvalue weighted by atomic mass is 9.74. The molecule has 0 spiro atoms. The van der Waals surface area contributed by atoms with Gasteiger partial charge < -0.3 is 10.2 Å². The third-order valence-electron chi connectivity index (χ3n) is 5.94. The second kappa shape index (κ2) is 6.55. The van der Waals surface area contributed by atoms with E-state index in [1.807, 2.05) is 25.1 Å². The van der Waals surface area contributed by atoms with Crippen LogP contribution in [0.1, 0.15) is 62.1 Å². The number of carboxylic acid groups (broad SMARTS) is 1. The van der Waals surface area contributed by atoms with E-state index in [4.69, 9.17) is 0 Å². The van der Waals surface area contributed by atoms with Crippen molar-refractivity contribution in [1.82, 2.24) is 0 Å². The third-order valence-corrected chi connectivity index (χ3v) is 5.94. The summed E-state index contributed by atoms with van der Waals surface area (Å²) >= 11 is 0. The number of hydrogen-bond donors (Lipinski definition) is 2. The van der Waals surface area contributed by atoms with Crippen molar-refractivity contribution in [3.05, 3.63) is 53.1 Å². The van der Waals surface area contributed by atoms with Crippen LogP contribution in [0.3, 0.4) is 0 Å². The first-order valence-corrected chi connectivity index (χ1v) is 9.05. The van der Waals surface area contributed by atoms with Crippen molar-refractivity contribution in [3.63, 3.8) is 0 Å². The van der Waals surface area contributed by atoms with Crippen LogP contribution in [-0.4, -0.2) is 16.2 Å². The fraction of sp³-hybridized carbons (Fsp3) is 0.409. The Morgan fingerprint density at radius 3 is 2.48 bits per heavy atom. The zero-order valence-corrected chi connectivity index (χ0v) is 15.2. The minimum atomic E-state index is -0.955. The molecule has 0 aromatic heterocycles. The number of carboxylic acids is 1. The van der Waals surface area contributed by atoms with Gasteiger partial charge in [0.1, 0.15) is 5.75 Å². The van der Waals surface area contributed by atoms with Gasteiger partial charge in [0.2, 0.25) is 0 Å². The minimum absolute atomic E-state index is 0.207. The molecule has 25 heavy (non-hydrogen) atoms. The van der Waals surface area contributed by atoms with Crippen LogP contribution in [0.15, 0.2) is 36.4 Å². The summed E-state index contributed by atoms with van der Waals surface area (Å²) < 4.78 is 0. The summed E-state index contributed by atoms with van der Waals surface area (Å²) in [6, 6.07) is 11.4. The van der Waals surface area contributed by atoms with Gasteiger partial charge in [-0.15, -0.1) is 0 Å². The second-order valence-electron chi connectivity index (χ2n) is 7.39. The average Bonchev–Trinajstić information content (AvgIpc) is 2.54. The maximum absolute atomic E-state index is 11.8. The summed E-state index contributed by atoms with van der Waals surface area (Å²) in [7, 11) is 0. The highest BCUT2D eigenvalue weighted by Crippen LogP contribution is 2.45. The SMILES string of the molecule is CC[C@](C)(C(=O)O)c1ccc(O)c(-c2cccc(C)c2C2CCC2)c1. The Bertz CT molecular complexity index is 805. The first-order chi connectivity index (χ1) is 11.9. The van der Waals surface area contributed by atoms with Crippen molar-refractivity contribution in [1.29, 1.82) is 0 Å². The largest absolute Gasteiger partial charge is 0.507 e. The Morgan fingerprint density at radius 2 is 1.92 bits per heavy atom. The number of aryl methyl sites for hydroxylation is 1. The normalized spacial score (nSPS) is 16.9. The lowest BCUT2D eigenvalue weighted by Crippen LogP contribution is -2.31. The smallest absolute Gasteiger partial charge is 0.313 e. The maximum Gasteiger partial charge on any atom is 0.313 e. The number of phenolic OH excluding ortho intramolecular Hbond substituents is 1. The molecular weight excluding hydrogens is 312 g/mol. The Kier molecular flexibility index (Phi) is 4.59. The highest BCUT2D eigenvalue weighted by Gasteiger charge is 2.34. The molecule has 0 amide bonds. The average molecular weight is 338 g/mol. The third kappa shape index (κ3) is 2.92. The fourth-order valence-corrected chi connectivity index (χ4v) is 3.73. The molecule has 0 bridgehead atoms. The van der Waals surface area contributed by atoms with Gasteiger partial charge in [-0.3, -0.25) is 4.79 Å². The van der Waals surface area contributed by atoms with E-state index in [-0.39, 0.29) is 5.75 Å². The van der Waals surface area contributed by atoms with Gasteiger partial charge in [-0.25, -0.2) is 0 Å². The van der Waals surface area contributed by atoms with Crippen LogP contribution in [0.25, 0.3) is 11.1 Å². The van der Waals surface area contributed by atoms with Crippen LogP contribution in [0, 0.1) is 6.92 Å². The Balaban J connectivity index is 2.17. The zero-order valence-electron chi connectivity index (χ0n) is 15.2. The Hall–Kier alpha value is -2.29. The summed E-state index contributed by atoms with van der Waals surface area (Å²) in [5.41, 5.74) is 4.09. The molecule has 3 heteroatoms. The van der Waals surface area contributed by atoms with E-state index in [9.17, 15) is 15.0 Å². The quantitative estimate of drug-likeness (QED) is 0.768. The molecule has 0 saturated heterocycles. The topological polar surface area (TPSA) is 57.5 Å². The van der Waals surface area contributed by atoms with E-state index in [1.54, 1.807) is 19.1 Å². The van der Waals surface area contributed by atoms with E-state index < -0.39 is 11.4 Å². The van der Waals surface area contributed by atoms with Gasteiger partial charge in [-0.1, -0.05) is 37.6 Å². The van der Waals surface area contributed by atoms with E-state index in [0.29, 0.717) is 12.3 Å². The summed E-state index contributed by atoms with van der Waals surface area (Å²) in [5, 5.41) is 20.2. The molecule has 1 aliphatic carbocycles. The second-order valence-corrected chi connectivity index (χ2v) is 7.39. The van der Waals surface area contributed by atoms with E-state index >= 15 is 0 Å². The van der Waals surface area contributed by atoms with Crippen LogP contribution in [0.2, 0.25) is 0 Å². The van der Waals surface area contributed by atoms with Crippen LogP contribution in [0.5, 0.6) is 5.75 Å². The highest BCUT2D eigenvalue weighted by molar-refractivity contribution is 5.83. The fourth-order valence-electron chi connectivity index (χ4n) is 3.73. The molecule has 132 valence electrons. The Morgan fingerprint density at radius 1 is 1.20 bits per heavy atom. The number of benzene rings is 2. The molecule has 1 fully saturated rings. The first kappa shape index (κ1) is 17.5. The number of hydrogen-bond acceptors (Lipinski definition) is 2. The number of carbonyl (C=O) groups is 1. The number of rotatable bonds is 5. The van der Waals surface area contributed by atoms with Crippen molar-refractivity contribution < 1.29 is 15.0 Å². The number of phenols is 1. The lowest BCUT2D eigenvalue weighted by molar-refractivity contribution is -0.143. The first-order valence-electron chi connectivity index (χ1n) is 9.05. The monoisotopic (exact) mass is 338 g/mol. The van der Waals surface area contributed by atoms with Gasteiger partial charge in [-0.05, 0) is 73.4 Å². The lowest BCUT2D eigenvalue weighted by Gasteiger charge is -2.30. The Labute approximate surface area is 149 Å². The van der Waals surface area contributed by atoms with Crippen molar-refractivity contribution >= 4 is 5.97 Å². The molecule has 0 heterocycles. The minimum Gasteiger partial charge on any atom is -0.507 e. The van der Waals surface area contributed by atoms with Crippen LogP contribution in [-0.2, 0) is 10.2 Å². The van der Waals surface area contributed by atoms with E-state index in [1.165, 1.54) is 30.4 Å². The predicted octanol–water partition coefficient (Wildman–Crippen LogP) is 5.39. The van der Waals surface area contributed by atoms with Gasteiger partial charge in [0.15, 0.2) is 0 Å². The van der Waals surface area contributed by atoms with Crippen LogP contribution in [0.4, 0.5) is 0 Å². The molecule has 0 radical (unpaired) electrons. The summed E-state index contributed by atoms with van der Waals surface area (Å²) in [6.07, 6.45) is 4.10.